The molecule has 1 atom stereocenters. The second-order valence-electron chi connectivity index (χ2n) is 8.37. The molecule has 2 amide bonds. The van der Waals surface area contributed by atoms with Crippen molar-refractivity contribution in [3.63, 3.8) is 0 Å². The first-order valence-electron chi connectivity index (χ1n) is 10.4. The first-order chi connectivity index (χ1) is 13.5. The van der Waals surface area contributed by atoms with Crippen LogP contribution in [0.2, 0.25) is 0 Å². The zero-order valence-electron chi connectivity index (χ0n) is 17.6. The first kappa shape index (κ1) is 23.5. The highest BCUT2D eigenvalue weighted by molar-refractivity contribution is 5.97. The van der Waals surface area contributed by atoms with Crippen molar-refractivity contribution in [3.05, 3.63) is 29.8 Å². The van der Waals surface area contributed by atoms with Crippen molar-refractivity contribution in [3.8, 4) is 5.75 Å². The molecule has 1 aromatic rings. The van der Waals surface area contributed by atoms with Crippen LogP contribution >= 0.6 is 12.4 Å². The fourth-order valence-electron chi connectivity index (χ4n) is 3.64. The Bertz CT molecular complexity index is 668. The molecule has 1 heterocycles. The van der Waals surface area contributed by atoms with Gasteiger partial charge >= 0.3 is 0 Å². The maximum atomic E-state index is 13.1. The first-order valence-corrected chi connectivity index (χ1v) is 10.4. The van der Waals surface area contributed by atoms with Crippen LogP contribution in [0.5, 0.6) is 5.75 Å². The summed E-state index contributed by atoms with van der Waals surface area (Å²) in [6.07, 6.45) is 4.67. The maximum Gasteiger partial charge on any atom is 0.251 e. The molecule has 1 aromatic carbocycles. The smallest absolute Gasteiger partial charge is 0.251 e. The number of hydrogen-bond acceptors (Lipinski definition) is 4. The van der Waals surface area contributed by atoms with Crippen molar-refractivity contribution in [2.24, 2.45) is 11.8 Å². The van der Waals surface area contributed by atoms with Gasteiger partial charge in [-0.25, -0.2) is 0 Å². The van der Waals surface area contributed by atoms with Crippen molar-refractivity contribution in [2.45, 2.75) is 51.6 Å². The van der Waals surface area contributed by atoms with Gasteiger partial charge in [0, 0.05) is 24.7 Å². The molecule has 2 N–H and O–H groups in total. The molecule has 7 heteroatoms. The molecule has 6 nitrogen and oxygen atoms in total. The van der Waals surface area contributed by atoms with Crippen LogP contribution < -0.4 is 15.4 Å². The molecule has 1 saturated heterocycles. The van der Waals surface area contributed by atoms with E-state index in [9.17, 15) is 9.59 Å². The lowest BCUT2D eigenvalue weighted by Gasteiger charge is -2.35. The molecule has 29 heavy (non-hydrogen) atoms. The highest BCUT2D eigenvalue weighted by atomic mass is 35.5. The van der Waals surface area contributed by atoms with Crippen molar-refractivity contribution in [1.82, 2.24) is 15.5 Å². The number of amides is 2. The zero-order valence-corrected chi connectivity index (χ0v) is 18.5. The highest BCUT2D eigenvalue weighted by Crippen LogP contribution is 2.28. The van der Waals surface area contributed by atoms with E-state index < -0.39 is 6.04 Å². The number of nitrogens with zero attached hydrogens (tertiary/aromatic N) is 1. The summed E-state index contributed by atoms with van der Waals surface area (Å²) in [6, 6.07) is 6.93. The predicted molar refractivity (Wildman–Crippen MR) is 117 cm³/mol. The number of likely N-dealkylation sites (tertiary alicyclic amines) is 1. The Morgan fingerprint density at radius 3 is 2.24 bits per heavy atom. The number of halogens is 1. The van der Waals surface area contributed by atoms with Gasteiger partial charge in [0.2, 0.25) is 5.91 Å². The van der Waals surface area contributed by atoms with Crippen LogP contribution in [0.15, 0.2) is 24.3 Å². The molecular formula is C22H34ClN3O3. The van der Waals surface area contributed by atoms with E-state index in [2.05, 4.69) is 10.6 Å². The van der Waals surface area contributed by atoms with Gasteiger partial charge in [-0.1, -0.05) is 13.8 Å². The predicted octanol–water partition coefficient (Wildman–Crippen LogP) is 2.86. The van der Waals surface area contributed by atoms with Crippen LogP contribution in [0.4, 0.5) is 0 Å². The van der Waals surface area contributed by atoms with E-state index in [4.69, 9.17) is 4.74 Å². The van der Waals surface area contributed by atoms with Crippen LogP contribution in [0.3, 0.4) is 0 Å². The van der Waals surface area contributed by atoms with Crippen molar-refractivity contribution >= 4 is 24.2 Å². The SMILES string of the molecule is COc1ccc(C(=O)NC(C(=O)N2CCC(NCC3CC3)CC2)C(C)C)cc1.Cl. The molecule has 0 radical (unpaired) electrons. The molecule has 3 rings (SSSR count). The Morgan fingerprint density at radius 2 is 1.72 bits per heavy atom. The Hall–Kier alpha value is -1.79. The Labute approximate surface area is 180 Å². The van der Waals surface area contributed by atoms with Crippen LogP contribution in [0.25, 0.3) is 0 Å². The summed E-state index contributed by atoms with van der Waals surface area (Å²) in [6.45, 7) is 6.57. The number of methoxy groups -OCH3 is 1. The van der Waals surface area contributed by atoms with E-state index in [1.165, 1.54) is 12.8 Å². The van der Waals surface area contributed by atoms with Gasteiger partial charge in [-0.2, -0.15) is 0 Å². The normalized spacial score (nSPS) is 18.1. The average Bonchev–Trinajstić information content (AvgIpc) is 3.54. The molecular weight excluding hydrogens is 390 g/mol. The van der Waals surface area contributed by atoms with Crippen LogP contribution in [-0.4, -0.2) is 55.5 Å². The van der Waals surface area contributed by atoms with E-state index >= 15 is 0 Å². The highest BCUT2D eigenvalue weighted by Gasteiger charge is 2.32. The molecule has 0 bridgehead atoms. The van der Waals surface area contributed by atoms with Gasteiger partial charge < -0.3 is 20.3 Å². The minimum atomic E-state index is -0.509. The summed E-state index contributed by atoms with van der Waals surface area (Å²) in [5.41, 5.74) is 0.530. The van der Waals surface area contributed by atoms with Gasteiger partial charge in [0.25, 0.3) is 5.91 Å². The second-order valence-corrected chi connectivity index (χ2v) is 8.37. The van der Waals surface area contributed by atoms with Crippen LogP contribution in [0, 0.1) is 11.8 Å². The third-order valence-corrected chi connectivity index (χ3v) is 5.77. The molecule has 2 aliphatic rings. The zero-order chi connectivity index (χ0) is 20.1. The minimum absolute atomic E-state index is 0. The fourth-order valence-corrected chi connectivity index (χ4v) is 3.64. The lowest BCUT2D eigenvalue weighted by atomic mass is 9.99. The summed E-state index contributed by atoms with van der Waals surface area (Å²) in [5, 5.41) is 6.58. The number of hydrogen-bond donors (Lipinski definition) is 2. The van der Waals surface area contributed by atoms with Crippen LogP contribution in [-0.2, 0) is 4.79 Å². The summed E-state index contributed by atoms with van der Waals surface area (Å²) >= 11 is 0. The van der Waals surface area contributed by atoms with Crippen molar-refractivity contribution in [2.75, 3.05) is 26.7 Å². The quantitative estimate of drug-likeness (QED) is 0.674. The molecule has 1 aliphatic heterocycles. The monoisotopic (exact) mass is 423 g/mol. The van der Waals surface area contributed by atoms with Gasteiger partial charge in [-0.15, -0.1) is 12.4 Å². The molecule has 1 unspecified atom stereocenters. The largest absolute Gasteiger partial charge is 0.497 e. The topological polar surface area (TPSA) is 70.7 Å². The number of nitrogens with one attached hydrogen (secondary N) is 2. The number of benzene rings is 1. The number of ether oxygens (including phenoxy) is 1. The lowest BCUT2D eigenvalue weighted by Crippen LogP contribution is -2.54. The Morgan fingerprint density at radius 1 is 1.10 bits per heavy atom. The summed E-state index contributed by atoms with van der Waals surface area (Å²) in [7, 11) is 1.59. The van der Waals surface area contributed by atoms with E-state index in [-0.39, 0.29) is 30.1 Å². The van der Waals surface area contributed by atoms with Gasteiger partial charge in [0.15, 0.2) is 0 Å². The van der Waals surface area contributed by atoms with E-state index in [1.807, 2.05) is 18.7 Å². The number of rotatable bonds is 8. The lowest BCUT2D eigenvalue weighted by molar-refractivity contribution is -0.135. The third kappa shape index (κ3) is 6.61. The van der Waals surface area contributed by atoms with Crippen molar-refractivity contribution in [1.29, 1.82) is 0 Å². The van der Waals surface area contributed by atoms with E-state index in [1.54, 1.807) is 31.4 Å². The van der Waals surface area contributed by atoms with E-state index in [0.29, 0.717) is 17.4 Å². The molecule has 162 valence electrons. The number of piperidine rings is 1. The molecule has 1 aliphatic carbocycles. The Kier molecular flexibility index (Phi) is 8.78. The minimum Gasteiger partial charge on any atom is -0.497 e. The number of carbonyl (C=O) groups is 2. The van der Waals surface area contributed by atoms with Gasteiger partial charge in [0.1, 0.15) is 11.8 Å². The molecule has 0 aromatic heterocycles. The van der Waals surface area contributed by atoms with Crippen LogP contribution in [0.1, 0.15) is 49.9 Å². The standard InChI is InChI=1S/C22H33N3O3.ClH/c1-15(2)20(24-21(26)17-6-8-19(28-3)9-7-17)22(27)25-12-10-18(11-13-25)23-14-16-4-5-16;/h6-9,15-16,18,20,23H,4-5,10-14H2,1-3H3,(H,24,26);1H. The van der Waals surface area contributed by atoms with Gasteiger partial charge in [-0.05, 0) is 68.3 Å². The average molecular weight is 424 g/mol. The summed E-state index contributed by atoms with van der Waals surface area (Å²) in [4.78, 5) is 27.6. The molecule has 2 fully saturated rings. The fraction of sp³-hybridized carbons (Fsp3) is 0.636. The van der Waals surface area contributed by atoms with Gasteiger partial charge in [0.05, 0.1) is 7.11 Å². The van der Waals surface area contributed by atoms with Gasteiger partial charge in [-0.3, -0.25) is 9.59 Å². The van der Waals surface area contributed by atoms with E-state index in [0.717, 1.165) is 38.4 Å². The molecule has 0 spiro atoms. The maximum absolute atomic E-state index is 13.1. The molecule has 1 saturated carbocycles. The Balaban J connectivity index is 0.00000300. The number of carbonyl (C=O) groups excluding carboxylic acids is 2. The summed E-state index contributed by atoms with van der Waals surface area (Å²) < 4.78 is 5.13. The second kappa shape index (κ2) is 10.8. The summed E-state index contributed by atoms with van der Waals surface area (Å²) in [5.74, 6) is 1.40. The van der Waals surface area contributed by atoms with Crippen molar-refractivity contribution < 1.29 is 14.3 Å². The third-order valence-electron chi connectivity index (χ3n) is 5.77.